The van der Waals surface area contributed by atoms with Gasteiger partial charge in [0.1, 0.15) is 0 Å². The summed E-state index contributed by atoms with van der Waals surface area (Å²) in [5.41, 5.74) is 0. The number of rotatable bonds is 11. The average Bonchev–Trinajstić information content (AvgIpc) is 3.07. The van der Waals surface area contributed by atoms with Gasteiger partial charge in [0, 0.05) is 53.0 Å². The molecule has 0 spiro atoms. The monoisotopic (exact) mass is 469 g/mol. The Kier molecular flexibility index (Phi) is 14.9. The summed E-state index contributed by atoms with van der Waals surface area (Å²) in [4.78, 5) is 9.30. The van der Waals surface area contributed by atoms with Gasteiger partial charge in [-0.1, -0.05) is 13.8 Å². The lowest BCUT2D eigenvalue weighted by Crippen LogP contribution is -2.49. The number of guanidine groups is 1. The van der Waals surface area contributed by atoms with Crippen LogP contribution in [0, 0.1) is 5.92 Å². The van der Waals surface area contributed by atoms with Crippen molar-refractivity contribution in [2.45, 2.75) is 39.2 Å². The molecule has 0 amide bonds. The highest BCUT2D eigenvalue weighted by Gasteiger charge is 2.24. The van der Waals surface area contributed by atoms with Crippen LogP contribution in [-0.2, 0) is 4.74 Å². The van der Waals surface area contributed by atoms with E-state index in [-0.39, 0.29) is 24.0 Å². The van der Waals surface area contributed by atoms with Crippen LogP contribution < -0.4 is 10.6 Å². The molecule has 1 unspecified atom stereocenters. The fourth-order valence-electron chi connectivity index (χ4n) is 3.24. The van der Waals surface area contributed by atoms with Crippen molar-refractivity contribution in [1.82, 2.24) is 20.4 Å². The Morgan fingerprint density at radius 1 is 1.20 bits per heavy atom. The zero-order valence-corrected chi connectivity index (χ0v) is 19.2. The largest absolute Gasteiger partial charge is 0.385 e. The van der Waals surface area contributed by atoms with E-state index in [1.807, 2.05) is 7.05 Å². The Morgan fingerprint density at radius 3 is 2.44 bits per heavy atom. The number of likely N-dealkylation sites (tertiary alicyclic amines) is 1. The SMILES string of the molecule is CN=C(NCCN(C)CCCOC)NCC(C(C)C)N1CCCC1.I. The molecule has 0 aliphatic carbocycles. The van der Waals surface area contributed by atoms with Crippen LogP contribution >= 0.6 is 24.0 Å². The molecule has 0 bridgehead atoms. The van der Waals surface area contributed by atoms with E-state index in [9.17, 15) is 0 Å². The Labute approximate surface area is 172 Å². The fourth-order valence-corrected chi connectivity index (χ4v) is 3.24. The summed E-state index contributed by atoms with van der Waals surface area (Å²) in [5.74, 6) is 1.56. The van der Waals surface area contributed by atoms with Gasteiger partial charge in [0.05, 0.1) is 0 Å². The molecule has 1 aliphatic rings. The van der Waals surface area contributed by atoms with Crippen molar-refractivity contribution in [2.75, 3.05) is 67.1 Å². The molecule has 2 N–H and O–H groups in total. The topological polar surface area (TPSA) is 52.1 Å². The first-order valence-corrected chi connectivity index (χ1v) is 9.44. The molecule has 0 aromatic rings. The molecule has 1 rings (SSSR count). The molecular formula is C18H40IN5O. The van der Waals surface area contributed by atoms with Crippen molar-refractivity contribution in [1.29, 1.82) is 0 Å². The van der Waals surface area contributed by atoms with E-state index < -0.39 is 0 Å². The smallest absolute Gasteiger partial charge is 0.191 e. The Balaban J connectivity index is 0.00000576. The molecule has 1 fully saturated rings. The summed E-state index contributed by atoms with van der Waals surface area (Å²) in [6.45, 7) is 11.9. The summed E-state index contributed by atoms with van der Waals surface area (Å²) in [7, 11) is 5.75. The maximum Gasteiger partial charge on any atom is 0.191 e. The first-order chi connectivity index (χ1) is 11.6. The van der Waals surface area contributed by atoms with Crippen LogP contribution in [0.25, 0.3) is 0 Å². The van der Waals surface area contributed by atoms with Crippen LogP contribution in [0.2, 0.25) is 0 Å². The van der Waals surface area contributed by atoms with Crippen LogP contribution in [0.3, 0.4) is 0 Å². The second-order valence-corrected chi connectivity index (χ2v) is 7.08. The zero-order valence-electron chi connectivity index (χ0n) is 16.9. The van der Waals surface area contributed by atoms with Crippen LogP contribution in [0.5, 0.6) is 0 Å². The third-order valence-electron chi connectivity index (χ3n) is 4.76. The molecule has 1 saturated heterocycles. The van der Waals surface area contributed by atoms with E-state index in [2.05, 4.69) is 46.3 Å². The summed E-state index contributed by atoms with van der Waals surface area (Å²) in [6.07, 6.45) is 3.75. The lowest BCUT2D eigenvalue weighted by Gasteiger charge is -2.31. The molecular weight excluding hydrogens is 429 g/mol. The summed E-state index contributed by atoms with van der Waals surface area (Å²) >= 11 is 0. The summed E-state index contributed by atoms with van der Waals surface area (Å²) in [6, 6.07) is 0.586. The summed E-state index contributed by atoms with van der Waals surface area (Å²) < 4.78 is 5.09. The van der Waals surface area contributed by atoms with E-state index >= 15 is 0 Å². The minimum Gasteiger partial charge on any atom is -0.385 e. The van der Waals surface area contributed by atoms with Crippen molar-refractivity contribution in [2.24, 2.45) is 10.9 Å². The van der Waals surface area contributed by atoms with Gasteiger partial charge >= 0.3 is 0 Å². The number of nitrogens with zero attached hydrogens (tertiary/aromatic N) is 3. The Morgan fingerprint density at radius 2 is 1.88 bits per heavy atom. The number of halogens is 1. The quantitative estimate of drug-likeness (QED) is 0.210. The molecule has 1 aliphatic heterocycles. The van der Waals surface area contributed by atoms with Gasteiger partial charge in [0.15, 0.2) is 5.96 Å². The highest BCUT2D eigenvalue weighted by atomic mass is 127. The highest BCUT2D eigenvalue weighted by Crippen LogP contribution is 2.16. The van der Waals surface area contributed by atoms with Gasteiger partial charge in [0.2, 0.25) is 0 Å². The molecule has 0 aromatic carbocycles. The lowest BCUT2D eigenvalue weighted by atomic mass is 10.0. The van der Waals surface area contributed by atoms with Crippen LogP contribution in [-0.4, -0.2) is 88.9 Å². The molecule has 1 atom stereocenters. The fraction of sp³-hybridized carbons (Fsp3) is 0.944. The van der Waals surface area contributed by atoms with Gasteiger partial charge in [-0.3, -0.25) is 9.89 Å². The van der Waals surface area contributed by atoms with Gasteiger partial charge in [-0.15, -0.1) is 24.0 Å². The van der Waals surface area contributed by atoms with Gasteiger partial charge in [-0.2, -0.15) is 0 Å². The van der Waals surface area contributed by atoms with E-state index in [1.165, 1.54) is 25.9 Å². The molecule has 1 heterocycles. The van der Waals surface area contributed by atoms with Crippen molar-refractivity contribution < 1.29 is 4.74 Å². The standard InChI is InChI=1S/C18H39N5O.HI/c1-16(2)17(23-11-6-7-12-23)15-21-18(19-3)20-9-13-22(4)10-8-14-24-5;/h16-17H,6-15H2,1-5H3,(H2,19,20,21);1H. The first-order valence-electron chi connectivity index (χ1n) is 9.44. The molecule has 7 heteroatoms. The minimum atomic E-state index is 0. The van der Waals surface area contributed by atoms with Crippen LogP contribution in [0.15, 0.2) is 4.99 Å². The van der Waals surface area contributed by atoms with Gasteiger partial charge in [-0.05, 0) is 45.3 Å². The van der Waals surface area contributed by atoms with Crippen LogP contribution in [0.4, 0.5) is 0 Å². The minimum absolute atomic E-state index is 0. The van der Waals surface area contributed by atoms with Crippen molar-refractivity contribution in [3.63, 3.8) is 0 Å². The predicted octanol–water partition coefficient (Wildman–Crippen LogP) is 1.86. The molecule has 25 heavy (non-hydrogen) atoms. The van der Waals surface area contributed by atoms with E-state index in [4.69, 9.17) is 4.74 Å². The third kappa shape index (κ3) is 10.6. The maximum absolute atomic E-state index is 5.09. The number of ether oxygens (including phenoxy) is 1. The Hall–Kier alpha value is -0.120. The average molecular weight is 469 g/mol. The normalized spacial score (nSPS) is 17.0. The van der Waals surface area contributed by atoms with E-state index in [0.29, 0.717) is 12.0 Å². The maximum atomic E-state index is 5.09. The number of aliphatic imine (C=N–C) groups is 1. The third-order valence-corrected chi connectivity index (χ3v) is 4.76. The number of likely N-dealkylation sites (N-methyl/N-ethyl adjacent to an activating group) is 1. The van der Waals surface area contributed by atoms with E-state index in [1.54, 1.807) is 7.11 Å². The molecule has 0 saturated carbocycles. The van der Waals surface area contributed by atoms with Crippen molar-refractivity contribution in [3.05, 3.63) is 0 Å². The predicted molar refractivity (Wildman–Crippen MR) is 118 cm³/mol. The highest BCUT2D eigenvalue weighted by molar-refractivity contribution is 14.0. The van der Waals surface area contributed by atoms with Crippen molar-refractivity contribution in [3.8, 4) is 0 Å². The molecule has 150 valence electrons. The molecule has 0 aromatic heterocycles. The summed E-state index contributed by atoms with van der Waals surface area (Å²) in [5, 5.41) is 6.94. The molecule has 6 nitrogen and oxygen atoms in total. The number of hydrogen-bond donors (Lipinski definition) is 2. The second-order valence-electron chi connectivity index (χ2n) is 7.08. The van der Waals surface area contributed by atoms with E-state index in [0.717, 1.165) is 45.2 Å². The second kappa shape index (κ2) is 15.0. The van der Waals surface area contributed by atoms with Crippen LogP contribution in [0.1, 0.15) is 33.1 Å². The first kappa shape index (κ1) is 24.9. The number of hydrogen-bond acceptors (Lipinski definition) is 4. The van der Waals surface area contributed by atoms with Crippen molar-refractivity contribution >= 4 is 29.9 Å². The Bertz CT molecular complexity index is 348. The van der Waals surface area contributed by atoms with Gasteiger partial charge in [0.25, 0.3) is 0 Å². The lowest BCUT2D eigenvalue weighted by molar-refractivity contribution is 0.180. The number of methoxy groups -OCH3 is 1. The zero-order chi connectivity index (χ0) is 17.8. The molecule has 0 radical (unpaired) electrons. The van der Waals surface area contributed by atoms with Gasteiger partial charge < -0.3 is 20.3 Å². The van der Waals surface area contributed by atoms with Gasteiger partial charge in [-0.25, -0.2) is 0 Å². The number of nitrogens with one attached hydrogen (secondary N) is 2.